The lowest BCUT2D eigenvalue weighted by molar-refractivity contribution is -0.137. The number of carbonyl (C=O) groups excluding carboxylic acids is 1. The molecule has 27 heavy (non-hydrogen) atoms. The van der Waals surface area contributed by atoms with Crippen LogP contribution in [-0.4, -0.2) is 24.0 Å². The Labute approximate surface area is 158 Å². The number of aromatic nitrogens is 1. The zero-order valence-corrected chi connectivity index (χ0v) is 15.2. The fourth-order valence-electron chi connectivity index (χ4n) is 2.54. The van der Waals surface area contributed by atoms with E-state index in [1.165, 1.54) is 12.1 Å². The van der Waals surface area contributed by atoms with Crippen LogP contribution in [0.15, 0.2) is 48.5 Å². The van der Waals surface area contributed by atoms with Crippen LogP contribution in [-0.2, 0) is 17.4 Å². The average molecular weight is 393 g/mol. The van der Waals surface area contributed by atoms with Crippen LogP contribution in [0.5, 0.6) is 0 Å². The van der Waals surface area contributed by atoms with Gasteiger partial charge in [0.1, 0.15) is 0 Å². The lowest BCUT2D eigenvalue weighted by Crippen LogP contribution is -2.30. The maximum atomic E-state index is 12.7. The van der Waals surface area contributed by atoms with Gasteiger partial charge in [0.05, 0.1) is 27.3 Å². The highest BCUT2D eigenvalue weighted by Gasteiger charge is 2.30. The SMILES string of the molecule is O=C(CNc1cccc(C(F)(F)F)c1)NCCCc1nc2ccccc2s1. The van der Waals surface area contributed by atoms with Gasteiger partial charge in [-0.1, -0.05) is 18.2 Å². The van der Waals surface area contributed by atoms with E-state index >= 15 is 0 Å². The Balaban J connectivity index is 1.40. The summed E-state index contributed by atoms with van der Waals surface area (Å²) in [6.07, 6.45) is -2.89. The predicted molar refractivity (Wildman–Crippen MR) is 101 cm³/mol. The Morgan fingerprint density at radius 1 is 1.11 bits per heavy atom. The largest absolute Gasteiger partial charge is 0.416 e. The first kappa shape index (κ1) is 19.2. The summed E-state index contributed by atoms with van der Waals surface area (Å²) in [5, 5.41) is 6.49. The van der Waals surface area contributed by atoms with Gasteiger partial charge in [-0.15, -0.1) is 11.3 Å². The summed E-state index contributed by atoms with van der Waals surface area (Å²) < 4.78 is 39.1. The molecule has 0 radical (unpaired) electrons. The zero-order chi connectivity index (χ0) is 19.3. The maximum Gasteiger partial charge on any atom is 0.416 e. The first-order valence-electron chi connectivity index (χ1n) is 8.44. The molecule has 0 saturated carbocycles. The van der Waals surface area contributed by atoms with Crippen molar-refractivity contribution in [2.75, 3.05) is 18.4 Å². The van der Waals surface area contributed by atoms with Crippen molar-refractivity contribution >= 4 is 33.1 Å². The fraction of sp³-hybridized carbons (Fsp3) is 0.263. The summed E-state index contributed by atoms with van der Waals surface area (Å²) in [6, 6.07) is 12.7. The number of nitrogens with one attached hydrogen (secondary N) is 2. The number of hydrogen-bond donors (Lipinski definition) is 2. The van der Waals surface area contributed by atoms with Gasteiger partial charge >= 0.3 is 6.18 Å². The minimum Gasteiger partial charge on any atom is -0.376 e. The number of para-hydroxylation sites is 1. The molecule has 0 aliphatic rings. The van der Waals surface area contributed by atoms with Crippen LogP contribution in [0, 0.1) is 0 Å². The molecule has 0 aliphatic carbocycles. The lowest BCUT2D eigenvalue weighted by atomic mass is 10.2. The summed E-state index contributed by atoms with van der Waals surface area (Å²) in [6.45, 7) is 0.404. The van der Waals surface area contributed by atoms with Crippen molar-refractivity contribution in [3.05, 3.63) is 59.1 Å². The topological polar surface area (TPSA) is 54.0 Å². The smallest absolute Gasteiger partial charge is 0.376 e. The molecule has 3 aromatic rings. The second-order valence-electron chi connectivity index (χ2n) is 5.96. The number of hydrogen-bond acceptors (Lipinski definition) is 4. The minimum atomic E-state index is -4.40. The predicted octanol–water partition coefficient (Wildman–Crippen LogP) is 4.48. The average Bonchev–Trinajstić information content (AvgIpc) is 3.06. The van der Waals surface area contributed by atoms with Crippen molar-refractivity contribution in [3.63, 3.8) is 0 Å². The van der Waals surface area contributed by atoms with Crippen molar-refractivity contribution in [3.8, 4) is 0 Å². The van der Waals surface area contributed by atoms with Crippen molar-refractivity contribution in [1.82, 2.24) is 10.3 Å². The van der Waals surface area contributed by atoms with Crippen molar-refractivity contribution < 1.29 is 18.0 Å². The van der Waals surface area contributed by atoms with Crippen LogP contribution < -0.4 is 10.6 Å². The molecule has 1 aromatic heterocycles. The Morgan fingerprint density at radius 2 is 1.93 bits per heavy atom. The van der Waals surface area contributed by atoms with E-state index < -0.39 is 11.7 Å². The van der Waals surface area contributed by atoms with E-state index in [1.807, 2.05) is 24.3 Å². The monoisotopic (exact) mass is 393 g/mol. The van der Waals surface area contributed by atoms with Crippen LogP contribution >= 0.6 is 11.3 Å². The molecule has 0 unspecified atom stereocenters. The molecule has 4 nitrogen and oxygen atoms in total. The highest BCUT2D eigenvalue weighted by atomic mass is 32.1. The van der Waals surface area contributed by atoms with E-state index in [0.29, 0.717) is 6.54 Å². The number of benzene rings is 2. The Bertz CT molecular complexity index is 891. The number of thiazole rings is 1. The van der Waals surface area contributed by atoms with Gasteiger partial charge in [0.15, 0.2) is 0 Å². The van der Waals surface area contributed by atoms with Gasteiger partial charge in [-0.2, -0.15) is 13.2 Å². The number of anilines is 1. The summed E-state index contributed by atoms with van der Waals surface area (Å²) in [5.74, 6) is -0.267. The van der Waals surface area contributed by atoms with E-state index in [0.717, 1.165) is 40.2 Å². The summed E-state index contributed by atoms with van der Waals surface area (Å²) in [4.78, 5) is 16.4. The fourth-order valence-corrected chi connectivity index (χ4v) is 3.55. The molecule has 0 fully saturated rings. The summed E-state index contributed by atoms with van der Waals surface area (Å²) >= 11 is 1.64. The summed E-state index contributed by atoms with van der Waals surface area (Å²) in [5.41, 5.74) is 0.491. The lowest BCUT2D eigenvalue weighted by Gasteiger charge is -2.10. The van der Waals surface area contributed by atoms with E-state index in [2.05, 4.69) is 15.6 Å². The molecule has 0 saturated heterocycles. The Kier molecular flexibility index (Phi) is 5.95. The van der Waals surface area contributed by atoms with Crippen molar-refractivity contribution in [1.29, 1.82) is 0 Å². The molecule has 3 rings (SSSR count). The number of aryl methyl sites for hydroxylation is 1. The molecule has 142 valence electrons. The Hall–Kier alpha value is -2.61. The van der Waals surface area contributed by atoms with Crippen LogP contribution in [0.2, 0.25) is 0 Å². The van der Waals surface area contributed by atoms with Crippen molar-refractivity contribution in [2.45, 2.75) is 19.0 Å². The van der Waals surface area contributed by atoms with Gasteiger partial charge in [0.2, 0.25) is 5.91 Å². The molecule has 2 N–H and O–H groups in total. The highest BCUT2D eigenvalue weighted by molar-refractivity contribution is 7.18. The van der Waals surface area contributed by atoms with E-state index in [1.54, 1.807) is 11.3 Å². The number of carbonyl (C=O) groups is 1. The third-order valence-electron chi connectivity index (χ3n) is 3.87. The third kappa shape index (κ3) is 5.43. The van der Waals surface area contributed by atoms with E-state index in [-0.39, 0.29) is 18.1 Å². The number of halogens is 3. The maximum absolute atomic E-state index is 12.7. The second-order valence-corrected chi connectivity index (χ2v) is 7.08. The molecule has 1 heterocycles. The number of amides is 1. The molecular formula is C19H18F3N3OS. The number of rotatable bonds is 7. The number of alkyl halides is 3. The van der Waals surface area contributed by atoms with Gasteiger partial charge in [0.25, 0.3) is 0 Å². The van der Waals surface area contributed by atoms with Crippen LogP contribution in [0.4, 0.5) is 18.9 Å². The normalized spacial score (nSPS) is 11.5. The summed E-state index contributed by atoms with van der Waals surface area (Å²) in [7, 11) is 0. The van der Waals surface area contributed by atoms with E-state index in [4.69, 9.17) is 0 Å². The molecular weight excluding hydrogens is 375 g/mol. The molecule has 0 spiro atoms. The first-order valence-corrected chi connectivity index (χ1v) is 9.26. The van der Waals surface area contributed by atoms with Gasteiger partial charge in [-0.3, -0.25) is 4.79 Å². The van der Waals surface area contributed by atoms with Gasteiger partial charge in [0, 0.05) is 18.7 Å². The van der Waals surface area contributed by atoms with Gasteiger partial charge < -0.3 is 10.6 Å². The van der Waals surface area contributed by atoms with Crippen molar-refractivity contribution in [2.24, 2.45) is 0 Å². The van der Waals surface area contributed by atoms with Crippen LogP contribution in [0.3, 0.4) is 0 Å². The first-order chi connectivity index (χ1) is 12.9. The number of fused-ring (bicyclic) bond motifs is 1. The highest BCUT2D eigenvalue weighted by Crippen LogP contribution is 2.30. The van der Waals surface area contributed by atoms with Crippen LogP contribution in [0.25, 0.3) is 10.2 Å². The van der Waals surface area contributed by atoms with Gasteiger partial charge in [-0.25, -0.2) is 4.98 Å². The van der Waals surface area contributed by atoms with E-state index in [9.17, 15) is 18.0 Å². The quantitative estimate of drug-likeness (QED) is 0.582. The zero-order valence-electron chi connectivity index (χ0n) is 14.3. The molecule has 2 aromatic carbocycles. The third-order valence-corrected chi connectivity index (χ3v) is 4.97. The standard InChI is InChI=1S/C19H18F3N3OS/c20-19(21,22)13-5-3-6-14(11-13)24-12-17(26)23-10-4-9-18-25-15-7-1-2-8-16(15)27-18/h1-3,5-8,11,24H,4,9-10,12H2,(H,23,26). The second kappa shape index (κ2) is 8.39. The Morgan fingerprint density at radius 3 is 2.70 bits per heavy atom. The minimum absolute atomic E-state index is 0.0809. The molecule has 0 bridgehead atoms. The molecule has 8 heteroatoms. The van der Waals surface area contributed by atoms with Crippen LogP contribution in [0.1, 0.15) is 17.0 Å². The molecule has 1 amide bonds. The molecule has 0 atom stereocenters. The van der Waals surface area contributed by atoms with Gasteiger partial charge in [-0.05, 0) is 36.8 Å². The molecule has 0 aliphatic heterocycles. The number of nitrogens with zero attached hydrogens (tertiary/aromatic N) is 1.